The summed E-state index contributed by atoms with van der Waals surface area (Å²) in [5, 5.41) is 12.3. The molecule has 0 aliphatic carbocycles. The molecular weight excluding hydrogens is 282 g/mol. The van der Waals surface area contributed by atoms with Gasteiger partial charge < -0.3 is 19.9 Å². The lowest BCUT2D eigenvalue weighted by Gasteiger charge is -2.11. The third kappa shape index (κ3) is 3.99. The van der Waals surface area contributed by atoms with Crippen molar-refractivity contribution < 1.29 is 19.4 Å². The van der Waals surface area contributed by atoms with E-state index in [1.54, 1.807) is 32.4 Å². The van der Waals surface area contributed by atoms with Crippen molar-refractivity contribution in [2.24, 2.45) is 0 Å². The molecule has 2 rings (SSSR count). The van der Waals surface area contributed by atoms with Crippen molar-refractivity contribution in [3.63, 3.8) is 0 Å². The van der Waals surface area contributed by atoms with Gasteiger partial charge in [-0.05, 0) is 35.9 Å². The minimum absolute atomic E-state index is 0.290. The number of carbonyl (C=O) groups is 1. The number of ether oxygens (including phenoxy) is 2. The molecule has 0 radical (unpaired) electrons. The van der Waals surface area contributed by atoms with Crippen LogP contribution in [0.5, 0.6) is 11.5 Å². The van der Waals surface area contributed by atoms with Crippen molar-refractivity contribution >= 4 is 5.97 Å². The molecular formula is C17H19NO4. The van der Waals surface area contributed by atoms with Crippen molar-refractivity contribution in [3.05, 3.63) is 59.2 Å². The molecule has 0 aromatic heterocycles. The highest BCUT2D eigenvalue weighted by Gasteiger charge is 2.06. The van der Waals surface area contributed by atoms with Crippen molar-refractivity contribution in [1.82, 2.24) is 5.32 Å². The Kier molecular flexibility index (Phi) is 5.38. The number of hydrogen-bond donors (Lipinski definition) is 2. The normalized spacial score (nSPS) is 10.3. The first-order valence-corrected chi connectivity index (χ1v) is 6.88. The van der Waals surface area contributed by atoms with Gasteiger partial charge in [0.1, 0.15) is 11.5 Å². The highest BCUT2D eigenvalue weighted by atomic mass is 16.5. The number of rotatable bonds is 7. The van der Waals surface area contributed by atoms with Crippen LogP contribution in [0.15, 0.2) is 42.5 Å². The Bertz CT molecular complexity index is 655. The molecule has 0 aliphatic rings. The van der Waals surface area contributed by atoms with Gasteiger partial charge >= 0.3 is 5.97 Å². The van der Waals surface area contributed by atoms with E-state index < -0.39 is 5.97 Å². The van der Waals surface area contributed by atoms with E-state index >= 15 is 0 Å². The summed E-state index contributed by atoms with van der Waals surface area (Å²) in [6.45, 7) is 1.17. The fourth-order valence-electron chi connectivity index (χ4n) is 2.18. The quantitative estimate of drug-likeness (QED) is 0.823. The van der Waals surface area contributed by atoms with Gasteiger partial charge in [-0.2, -0.15) is 0 Å². The van der Waals surface area contributed by atoms with Crippen LogP contribution in [0.1, 0.15) is 21.5 Å². The van der Waals surface area contributed by atoms with E-state index in [1.165, 1.54) is 0 Å². The van der Waals surface area contributed by atoms with Crippen LogP contribution >= 0.6 is 0 Å². The van der Waals surface area contributed by atoms with E-state index in [9.17, 15) is 4.79 Å². The number of benzene rings is 2. The average molecular weight is 301 g/mol. The second-order valence-electron chi connectivity index (χ2n) is 4.79. The Morgan fingerprint density at radius 1 is 1.09 bits per heavy atom. The third-order valence-electron chi connectivity index (χ3n) is 3.31. The lowest BCUT2D eigenvalue weighted by molar-refractivity contribution is 0.0696. The van der Waals surface area contributed by atoms with Crippen molar-refractivity contribution in [1.29, 1.82) is 0 Å². The van der Waals surface area contributed by atoms with Crippen molar-refractivity contribution in [3.8, 4) is 11.5 Å². The van der Waals surface area contributed by atoms with Crippen LogP contribution in [0.25, 0.3) is 0 Å². The molecule has 0 unspecified atom stereocenters. The van der Waals surface area contributed by atoms with Crippen LogP contribution < -0.4 is 14.8 Å². The second-order valence-corrected chi connectivity index (χ2v) is 4.79. The van der Waals surface area contributed by atoms with Gasteiger partial charge in [-0.25, -0.2) is 4.79 Å². The topological polar surface area (TPSA) is 67.8 Å². The molecule has 5 heteroatoms. The Morgan fingerprint density at radius 2 is 1.91 bits per heavy atom. The Labute approximate surface area is 129 Å². The highest BCUT2D eigenvalue weighted by molar-refractivity contribution is 5.87. The molecule has 0 amide bonds. The zero-order valence-electron chi connectivity index (χ0n) is 12.6. The van der Waals surface area contributed by atoms with Crippen LogP contribution in [-0.4, -0.2) is 25.3 Å². The first-order chi connectivity index (χ1) is 10.6. The van der Waals surface area contributed by atoms with Crippen LogP contribution in [-0.2, 0) is 13.1 Å². The number of carboxylic acids is 1. The lowest BCUT2D eigenvalue weighted by atomic mass is 10.1. The monoisotopic (exact) mass is 301 g/mol. The number of carboxylic acid groups (broad SMARTS) is 1. The fraction of sp³-hybridized carbons (Fsp3) is 0.235. The summed E-state index contributed by atoms with van der Waals surface area (Å²) < 4.78 is 10.5. The molecule has 0 aliphatic heterocycles. The van der Waals surface area contributed by atoms with E-state index in [4.69, 9.17) is 14.6 Å². The van der Waals surface area contributed by atoms with E-state index in [2.05, 4.69) is 5.32 Å². The molecule has 22 heavy (non-hydrogen) atoms. The molecule has 0 heterocycles. The van der Waals surface area contributed by atoms with Gasteiger partial charge in [-0.3, -0.25) is 0 Å². The predicted octanol–water partition coefficient (Wildman–Crippen LogP) is 2.69. The molecule has 0 saturated carbocycles. The van der Waals surface area contributed by atoms with Gasteiger partial charge in [0, 0.05) is 18.7 Å². The standard InChI is InChI=1S/C17H19NO4/c1-21-15-6-7-16(22-2)14(9-15)11-18-10-12-4-3-5-13(8-12)17(19)20/h3-9,18H,10-11H2,1-2H3,(H,19,20). The SMILES string of the molecule is COc1ccc(OC)c(CNCc2cccc(C(=O)O)c2)c1. The Balaban J connectivity index is 2.01. The largest absolute Gasteiger partial charge is 0.497 e. The molecule has 0 saturated heterocycles. The summed E-state index contributed by atoms with van der Waals surface area (Å²) in [5.74, 6) is 0.634. The fourth-order valence-corrected chi connectivity index (χ4v) is 2.18. The second kappa shape index (κ2) is 7.47. The van der Waals surface area contributed by atoms with Gasteiger partial charge in [0.05, 0.1) is 19.8 Å². The van der Waals surface area contributed by atoms with Gasteiger partial charge in [-0.1, -0.05) is 12.1 Å². The maximum Gasteiger partial charge on any atom is 0.335 e. The van der Waals surface area contributed by atoms with Gasteiger partial charge in [0.15, 0.2) is 0 Å². The van der Waals surface area contributed by atoms with E-state index in [-0.39, 0.29) is 0 Å². The van der Waals surface area contributed by atoms with Crippen LogP contribution in [0.2, 0.25) is 0 Å². The van der Waals surface area contributed by atoms with E-state index in [0.29, 0.717) is 18.7 Å². The number of aromatic carboxylic acids is 1. The van der Waals surface area contributed by atoms with Crippen molar-refractivity contribution in [2.75, 3.05) is 14.2 Å². The summed E-state index contributed by atoms with van der Waals surface area (Å²) in [7, 11) is 3.25. The Morgan fingerprint density at radius 3 is 2.59 bits per heavy atom. The van der Waals surface area contributed by atoms with E-state index in [0.717, 1.165) is 22.6 Å². The van der Waals surface area contributed by atoms with Gasteiger partial charge in [0.25, 0.3) is 0 Å². The first-order valence-electron chi connectivity index (χ1n) is 6.88. The van der Waals surface area contributed by atoms with E-state index in [1.807, 2.05) is 24.3 Å². The smallest absolute Gasteiger partial charge is 0.335 e. The minimum Gasteiger partial charge on any atom is -0.497 e. The molecule has 0 fully saturated rings. The number of hydrogen-bond acceptors (Lipinski definition) is 4. The predicted molar refractivity (Wildman–Crippen MR) is 83.5 cm³/mol. The summed E-state index contributed by atoms with van der Waals surface area (Å²) in [4.78, 5) is 11.0. The zero-order valence-corrected chi connectivity index (χ0v) is 12.6. The first kappa shape index (κ1) is 15.9. The summed E-state index contributed by atoms with van der Waals surface area (Å²) in [6.07, 6.45) is 0. The van der Waals surface area contributed by atoms with Gasteiger partial charge in [-0.15, -0.1) is 0 Å². The molecule has 2 aromatic carbocycles. The average Bonchev–Trinajstić information content (AvgIpc) is 2.55. The Hall–Kier alpha value is -2.53. The molecule has 0 bridgehead atoms. The van der Waals surface area contributed by atoms with Crippen LogP contribution in [0, 0.1) is 0 Å². The van der Waals surface area contributed by atoms with Crippen LogP contribution in [0.4, 0.5) is 0 Å². The zero-order chi connectivity index (χ0) is 15.9. The summed E-state index contributed by atoms with van der Waals surface area (Å²) in [5.41, 5.74) is 2.19. The molecule has 2 aromatic rings. The minimum atomic E-state index is -0.920. The molecule has 116 valence electrons. The summed E-state index contributed by atoms with van der Waals surface area (Å²) in [6, 6.07) is 12.5. The lowest BCUT2D eigenvalue weighted by Crippen LogP contribution is -2.14. The van der Waals surface area contributed by atoms with Crippen LogP contribution in [0.3, 0.4) is 0 Å². The number of nitrogens with one attached hydrogen (secondary N) is 1. The highest BCUT2D eigenvalue weighted by Crippen LogP contribution is 2.23. The summed E-state index contributed by atoms with van der Waals surface area (Å²) >= 11 is 0. The molecule has 0 spiro atoms. The third-order valence-corrected chi connectivity index (χ3v) is 3.31. The number of methoxy groups -OCH3 is 2. The maximum atomic E-state index is 11.0. The maximum absolute atomic E-state index is 11.0. The van der Waals surface area contributed by atoms with Crippen molar-refractivity contribution in [2.45, 2.75) is 13.1 Å². The molecule has 2 N–H and O–H groups in total. The molecule has 0 atom stereocenters. The molecule has 5 nitrogen and oxygen atoms in total. The van der Waals surface area contributed by atoms with Gasteiger partial charge in [0.2, 0.25) is 0 Å².